The predicted molar refractivity (Wildman–Crippen MR) is 77.1 cm³/mol. The Hall–Kier alpha value is -1.96. The van der Waals surface area contributed by atoms with Crippen LogP contribution in [0.1, 0.15) is 11.1 Å². The van der Waals surface area contributed by atoms with Crippen molar-refractivity contribution in [1.29, 1.82) is 0 Å². The molecule has 0 N–H and O–H groups in total. The first kappa shape index (κ1) is 16.4. The molecule has 2 rings (SSSR count). The zero-order valence-electron chi connectivity index (χ0n) is 11.9. The molecule has 1 heterocycles. The fourth-order valence-electron chi connectivity index (χ4n) is 1.89. The number of halogens is 3. The topological polar surface area (TPSA) is 32.6 Å². The highest BCUT2D eigenvalue weighted by molar-refractivity contribution is 7.96. The number of allylic oxidation sites excluding steroid dienone is 1. The van der Waals surface area contributed by atoms with Gasteiger partial charge in [0.2, 0.25) is 18.2 Å². The molecule has 0 aliphatic carbocycles. The van der Waals surface area contributed by atoms with Crippen molar-refractivity contribution >= 4 is 24.1 Å². The molecule has 4 nitrogen and oxygen atoms in total. The summed E-state index contributed by atoms with van der Waals surface area (Å²) in [5.74, 6) is -0.405. The summed E-state index contributed by atoms with van der Waals surface area (Å²) >= 11 is 0.919. The van der Waals surface area contributed by atoms with E-state index in [0.29, 0.717) is 11.1 Å². The number of hydrogen-bond acceptors (Lipinski definition) is 4. The summed E-state index contributed by atoms with van der Waals surface area (Å²) in [7, 11) is 2.62. The number of hydrazone groups is 1. The SMILES string of the molecule is COC(=O)Cc1ccccc1C=[N+]1SC=C(C(F)(F)F)N1C. The van der Waals surface area contributed by atoms with Gasteiger partial charge in [0.15, 0.2) is 5.70 Å². The van der Waals surface area contributed by atoms with E-state index >= 15 is 0 Å². The van der Waals surface area contributed by atoms with E-state index in [1.807, 2.05) is 0 Å². The van der Waals surface area contributed by atoms with Crippen LogP contribution in [-0.2, 0) is 16.0 Å². The summed E-state index contributed by atoms with van der Waals surface area (Å²) in [6, 6.07) is 6.99. The standard InChI is InChI=1S/C14H14F3N2O2S/c1-18-12(14(15,16)17)9-22-19(18)8-11-6-4-3-5-10(11)7-13(20)21-2/h3-6,8-9H,7H2,1-2H3/q+1. The molecule has 0 aromatic heterocycles. The van der Waals surface area contributed by atoms with Crippen LogP contribution in [0, 0.1) is 0 Å². The van der Waals surface area contributed by atoms with Crippen LogP contribution in [0.4, 0.5) is 13.2 Å². The van der Waals surface area contributed by atoms with Gasteiger partial charge < -0.3 is 4.74 Å². The van der Waals surface area contributed by atoms with Gasteiger partial charge in [-0.05, 0) is 15.7 Å². The normalized spacial score (nSPS) is 16.9. The number of rotatable bonds is 3. The van der Waals surface area contributed by atoms with Gasteiger partial charge in [-0.3, -0.25) is 4.79 Å². The molecule has 0 radical (unpaired) electrons. The summed E-state index contributed by atoms with van der Waals surface area (Å²) in [6.07, 6.45) is -2.79. The molecular weight excluding hydrogens is 317 g/mol. The third kappa shape index (κ3) is 3.62. The van der Waals surface area contributed by atoms with Crippen molar-refractivity contribution in [2.45, 2.75) is 12.6 Å². The molecule has 0 spiro atoms. The maximum Gasteiger partial charge on any atom is 0.437 e. The van der Waals surface area contributed by atoms with E-state index in [-0.39, 0.29) is 6.42 Å². The second-order valence-corrected chi connectivity index (χ2v) is 5.33. The van der Waals surface area contributed by atoms with Gasteiger partial charge in [0.05, 0.1) is 26.0 Å². The maximum absolute atomic E-state index is 12.8. The van der Waals surface area contributed by atoms with E-state index in [4.69, 9.17) is 0 Å². The molecule has 1 aliphatic heterocycles. The quantitative estimate of drug-likeness (QED) is 0.484. The van der Waals surface area contributed by atoms with Crippen molar-refractivity contribution in [3.63, 3.8) is 0 Å². The Morgan fingerprint density at radius 2 is 2.09 bits per heavy atom. The molecule has 1 aromatic rings. The molecule has 0 saturated heterocycles. The van der Waals surface area contributed by atoms with E-state index in [0.717, 1.165) is 22.4 Å². The first-order valence-electron chi connectivity index (χ1n) is 6.29. The number of carbonyl (C=O) groups excluding carboxylic acids is 1. The average Bonchev–Trinajstić information content (AvgIpc) is 2.82. The van der Waals surface area contributed by atoms with Gasteiger partial charge in [0.1, 0.15) is 0 Å². The van der Waals surface area contributed by atoms with Crippen LogP contribution in [0.2, 0.25) is 0 Å². The van der Waals surface area contributed by atoms with Gasteiger partial charge in [-0.1, -0.05) is 18.2 Å². The molecule has 22 heavy (non-hydrogen) atoms. The Balaban J connectivity index is 2.26. The van der Waals surface area contributed by atoms with E-state index in [2.05, 4.69) is 4.74 Å². The van der Waals surface area contributed by atoms with Crippen molar-refractivity contribution in [3.8, 4) is 0 Å². The number of hydrazine groups is 1. The molecule has 0 atom stereocenters. The predicted octanol–water partition coefficient (Wildman–Crippen LogP) is 2.75. The van der Waals surface area contributed by atoms with Crippen molar-refractivity contribution in [2.75, 3.05) is 14.2 Å². The van der Waals surface area contributed by atoms with Crippen LogP contribution in [0.25, 0.3) is 0 Å². The van der Waals surface area contributed by atoms with E-state index in [1.165, 1.54) is 18.2 Å². The first-order chi connectivity index (χ1) is 10.3. The zero-order chi connectivity index (χ0) is 16.3. The van der Waals surface area contributed by atoms with Crippen LogP contribution in [0.5, 0.6) is 0 Å². The molecule has 0 amide bonds. The number of hydrogen-bond donors (Lipinski definition) is 0. The highest BCUT2D eigenvalue weighted by atomic mass is 32.2. The molecule has 0 unspecified atom stereocenters. The minimum absolute atomic E-state index is 0.0605. The summed E-state index contributed by atoms with van der Waals surface area (Å²) in [5, 5.41) is 2.05. The van der Waals surface area contributed by atoms with E-state index in [1.54, 1.807) is 30.5 Å². The highest BCUT2D eigenvalue weighted by Crippen LogP contribution is 2.35. The Morgan fingerprint density at radius 1 is 1.41 bits per heavy atom. The lowest BCUT2D eigenvalue weighted by Crippen LogP contribution is -2.30. The molecule has 118 valence electrons. The molecule has 0 fully saturated rings. The largest absolute Gasteiger partial charge is 0.469 e. The van der Waals surface area contributed by atoms with Crippen molar-refractivity contribution in [3.05, 3.63) is 46.5 Å². The lowest BCUT2D eigenvalue weighted by Gasteiger charge is -2.13. The number of methoxy groups -OCH3 is 1. The van der Waals surface area contributed by atoms with E-state index < -0.39 is 17.8 Å². The summed E-state index contributed by atoms with van der Waals surface area (Å²) in [6.45, 7) is 0. The molecule has 8 heteroatoms. The van der Waals surface area contributed by atoms with Gasteiger partial charge in [-0.25, -0.2) is 0 Å². The minimum atomic E-state index is -4.41. The Morgan fingerprint density at radius 3 is 2.68 bits per heavy atom. The summed E-state index contributed by atoms with van der Waals surface area (Å²) < 4.78 is 44.4. The van der Waals surface area contributed by atoms with Gasteiger partial charge >= 0.3 is 12.1 Å². The maximum atomic E-state index is 12.8. The van der Waals surface area contributed by atoms with Crippen molar-refractivity contribution in [1.82, 2.24) is 5.01 Å². The number of ether oxygens (including phenoxy) is 1. The smallest absolute Gasteiger partial charge is 0.437 e. The van der Waals surface area contributed by atoms with Crippen molar-refractivity contribution in [2.24, 2.45) is 0 Å². The minimum Gasteiger partial charge on any atom is -0.469 e. The number of carbonyl (C=O) groups is 1. The summed E-state index contributed by atoms with van der Waals surface area (Å²) in [4.78, 5) is 11.4. The monoisotopic (exact) mass is 331 g/mol. The van der Waals surface area contributed by atoms with Crippen LogP contribution >= 0.6 is 11.9 Å². The second kappa shape index (κ2) is 6.43. The number of nitrogens with zero attached hydrogens (tertiary/aromatic N) is 2. The fourth-order valence-corrected chi connectivity index (χ4v) is 2.79. The lowest BCUT2D eigenvalue weighted by atomic mass is 10.1. The number of benzene rings is 1. The van der Waals surface area contributed by atoms with Crippen molar-refractivity contribution < 1.29 is 26.8 Å². The lowest BCUT2D eigenvalue weighted by molar-refractivity contribution is -0.525. The van der Waals surface area contributed by atoms with Crippen LogP contribution in [0.15, 0.2) is 35.4 Å². The van der Waals surface area contributed by atoms with Gasteiger partial charge in [0, 0.05) is 5.56 Å². The van der Waals surface area contributed by atoms with Gasteiger partial charge in [-0.2, -0.15) is 13.2 Å². The fraction of sp³-hybridized carbons (Fsp3) is 0.286. The number of esters is 1. The second-order valence-electron chi connectivity index (χ2n) is 4.51. The Labute approximate surface area is 130 Å². The first-order valence-corrected chi connectivity index (χ1v) is 7.13. The van der Waals surface area contributed by atoms with Crippen LogP contribution < -0.4 is 0 Å². The summed E-state index contributed by atoms with van der Waals surface area (Å²) in [5.41, 5.74) is 0.604. The molecule has 0 saturated carbocycles. The van der Waals surface area contributed by atoms with Crippen LogP contribution in [-0.4, -0.2) is 41.6 Å². The van der Waals surface area contributed by atoms with Crippen LogP contribution in [0.3, 0.4) is 0 Å². The molecule has 1 aromatic carbocycles. The third-order valence-electron chi connectivity index (χ3n) is 3.07. The zero-order valence-corrected chi connectivity index (χ0v) is 12.7. The Kier molecular flexibility index (Phi) is 4.80. The highest BCUT2D eigenvalue weighted by Gasteiger charge is 2.45. The van der Waals surface area contributed by atoms with E-state index in [9.17, 15) is 18.0 Å². The average molecular weight is 331 g/mol. The molecule has 1 aliphatic rings. The Bertz CT molecular complexity index is 641. The molecular formula is C14H14F3N2O2S+. The molecule has 0 bridgehead atoms. The van der Waals surface area contributed by atoms with Gasteiger partial charge in [0.25, 0.3) is 0 Å². The third-order valence-corrected chi connectivity index (χ3v) is 3.97. The number of alkyl halides is 3. The van der Waals surface area contributed by atoms with Gasteiger partial charge in [-0.15, -0.1) is 5.01 Å².